The molecular weight excluding hydrogens is 439 g/mol. The third-order valence-electron chi connectivity index (χ3n) is 3.99. The van der Waals surface area contributed by atoms with Crippen molar-refractivity contribution in [2.75, 3.05) is 26.7 Å². The smallest absolute Gasteiger partial charge is 0.222 e. The average Bonchev–Trinajstić information content (AvgIpc) is 2.56. The number of hydrogen-bond acceptors (Lipinski definition) is 2. The molecule has 1 rings (SSSR count). The van der Waals surface area contributed by atoms with E-state index in [1.165, 1.54) is 11.1 Å². The van der Waals surface area contributed by atoms with Crippen LogP contribution in [-0.2, 0) is 16.6 Å². The fraction of sp³-hybridized carbons (Fsp3) is 0.600. The second kappa shape index (κ2) is 12.1. The zero-order valence-electron chi connectivity index (χ0n) is 17.0. The molecule has 0 bridgehead atoms. The van der Waals surface area contributed by atoms with Crippen molar-refractivity contribution in [2.45, 2.75) is 46.5 Å². The molecule has 0 aliphatic rings. The standard InChI is InChI=1S/C20H34N4O.HI/c1-15(2)18(25)22-13-14-24-19(21-6)23-12-11-16-7-9-17(10-8-16)20(3,4)5;/h7-10,15H,11-14H2,1-6H3,(H,22,25)(H2,21,23,24);1H. The molecule has 0 unspecified atom stereocenters. The third-order valence-corrected chi connectivity index (χ3v) is 3.99. The van der Waals surface area contributed by atoms with Crippen LogP contribution >= 0.6 is 24.0 Å². The van der Waals surface area contributed by atoms with Gasteiger partial charge in [-0.2, -0.15) is 0 Å². The Balaban J connectivity index is 0.00000625. The number of nitrogens with zero attached hydrogens (tertiary/aromatic N) is 1. The maximum atomic E-state index is 11.5. The highest BCUT2D eigenvalue weighted by Gasteiger charge is 2.12. The van der Waals surface area contributed by atoms with E-state index in [2.05, 4.69) is 66.0 Å². The summed E-state index contributed by atoms with van der Waals surface area (Å²) in [6.45, 7) is 12.5. The summed E-state index contributed by atoms with van der Waals surface area (Å²) < 4.78 is 0. The van der Waals surface area contributed by atoms with Crippen LogP contribution in [0.4, 0.5) is 0 Å². The first-order chi connectivity index (χ1) is 11.7. The van der Waals surface area contributed by atoms with Crippen molar-refractivity contribution >= 4 is 35.8 Å². The number of rotatable bonds is 7. The molecule has 0 atom stereocenters. The number of guanidine groups is 1. The minimum Gasteiger partial charge on any atom is -0.356 e. The van der Waals surface area contributed by atoms with Crippen LogP contribution in [0.1, 0.15) is 45.7 Å². The van der Waals surface area contributed by atoms with E-state index in [1.54, 1.807) is 7.05 Å². The van der Waals surface area contributed by atoms with Crippen molar-refractivity contribution in [1.82, 2.24) is 16.0 Å². The van der Waals surface area contributed by atoms with Crippen molar-refractivity contribution in [3.05, 3.63) is 35.4 Å². The predicted molar refractivity (Wildman–Crippen MR) is 121 cm³/mol. The van der Waals surface area contributed by atoms with E-state index in [0.29, 0.717) is 13.1 Å². The van der Waals surface area contributed by atoms with Gasteiger partial charge in [-0.1, -0.05) is 58.9 Å². The van der Waals surface area contributed by atoms with Crippen LogP contribution in [0.3, 0.4) is 0 Å². The summed E-state index contributed by atoms with van der Waals surface area (Å²) in [5.74, 6) is 0.843. The van der Waals surface area contributed by atoms with Crippen LogP contribution in [0.5, 0.6) is 0 Å². The van der Waals surface area contributed by atoms with Gasteiger partial charge in [0.25, 0.3) is 0 Å². The van der Waals surface area contributed by atoms with Gasteiger partial charge in [-0.3, -0.25) is 9.79 Å². The molecule has 0 spiro atoms. The second-order valence-corrected chi connectivity index (χ2v) is 7.57. The molecule has 0 heterocycles. The van der Waals surface area contributed by atoms with Crippen LogP contribution in [0.2, 0.25) is 0 Å². The summed E-state index contributed by atoms with van der Waals surface area (Å²) in [4.78, 5) is 15.7. The topological polar surface area (TPSA) is 65.5 Å². The monoisotopic (exact) mass is 474 g/mol. The number of nitrogens with one attached hydrogen (secondary N) is 3. The maximum Gasteiger partial charge on any atom is 0.222 e. The maximum absolute atomic E-state index is 11.5. The van der Waals surface area contributed by atoms with Crippen LogP contribution in [0.15, 0.2) is 29.3 Å². The van der Waals surface area contributed by atoms with Crippen molar-refractivity contribution in [1.29, 1.82) is 0 Å². The molecule has 1 aromatic carbocycles. The summed E-state index contributed by atoms with van der Waals surface area (Å²) >= 11 is 0. The van der Waals surface area contributed by atoms with Crippen molar-refractivity contribution < 1.29 is 4.79 Å². The van der Waals surface area contributed by atoms with Gasteiger partial charge in [0, 0.05) is 32.6 Å². The molecular formula is C20H35IN4O. The third kappa shape index (κ3) is 9.40. The quantitative estimate of drug-likeness (QED) is 0.246. The lowest BCUT2D eigenvalue weighted by atomic mass is 9.86. The molecule has 0 fully saturated rings. The molecule has 6 heteroatoms. The van der Waals surface area contributed by atoms with E-state index < -0.39 is 0 Å². The highest BCUT2D eigenvalue weighted by molar-refractivity contribution is 14.0. The average molecular weight is 474 g/mol. The van der Waals surface area contributed by atoms with Gasteiger partial charge in [-0.15, -0.1) is 24.0 Å². The Bertz CT molecular complexity index is 562. The van der Waals surface area contributed by atoms with Crippen LogP contribution in [0, 0.1) is 5.92 Å². The summed E-state index contributed by atoms with van der Waals surface area (Å²) in [5, 5.41) is 9.38. The first-order valence-corrected chi connectivity index (χ1v) is 9.05. The lowest BCUT2D eigenvalue weighted by Gasteiger charge is -2.19. The molecule has 148 valence electrons. The summed E-state index contributed by atoms with van der Waals surface area (Å²) in [7, 11) is 1.75. The van der Waals surface area contributed by atoms with Crippen LogP contribution in [0.25, 0.3) is 0 Å². The molecule has 0 radical (unpaired) electrons. The largest absolute Gasteiger partial charge is 0.356 e. The normalized spacial score (nSPS) is 11.7. The first-order valence-electron chi connectivity index (χ1n) is 9.05. The van der Waals surface area contributed by atoms with Gasteiger partial charge in [0.2, 0.25) is 5.91 Å². The molecule has 0 aliphatic carbocycles. The van der Waals surface area contributed by atoms with E-state index in [0.717, 1.165) is 18.9 Å². The molecule has 0 aromatic heterocycles. The first kappa shape index (κ1) is 24.7. The molecule has 1 amide bonds. The lowest BCUT2D eigenvalue weighted by molar-refractivity contribution is -0.123. The fourth-order valence-electron chi connectivity index (χ4n) is 2.29. The van der Waals surface area contributed by atoms with Gasteiger partial charge in [0.15, 0.2) is 5.96 Å². The van der Waals surface area contributed by atoms with E-state index in [9.17, 15) is 4.79 Å². The van der Waals surface area contributed by atoms with Gasteiger partial charge < -0.3 is 16.0 Å². The van der Waals surface area contributed by atoms with Crippen LogP contribution in [-0.4, -0.2) is 38.5 Å². The van der Waals surface area contributed by atoms with Crippen molar-refractivity contribution in [3.8, 4) is 0 Å². The summed E-state index contributed by atoms with van der Waals surface area (Å²) in [6, 6.07) is 8.80. The van der Waals surface area contributed by atoms with Gasteiger partial charge in [-0.05, 0) is 23.0 Å². The number of benzene rings is 1. The number of carbonyl (C=O) groups excluding carboxylic acids is 1. The zero-order valence-corrected chi connectivity index (χ0v) is 19.3. The van der Waals surface area contributed by atoms with Gasteiger partial charge in [0.1, 0.15) is 0 Å². The lowest BCUT2D eigenvalue weighted by Crippen LogP contribution is -2.42. The van der Waals surface area contributed by atoms with Crippen molar-refractivity contribution in [2.24, 2.45) is 10.9 Å². The van der Waals surface area contributed by atoms with Crippen molar-refractivity contribution in [3.63, 3.8) is 0 Å². The van der Waals surface area contributed by atoms with Gasteiger partial charge in [0.05, 0.1) is 0 Å². The van der Waals surface area contributed by atoms with Gasteiger partial charge >= 0.3 is 0 Å². The minimum absolute atomic E-state index is 0. The number of carbonyl (C=O) groups is 1. The number of halogens is 1. The molecule has 3 N–H and O–H groups in total. The summed E-state index contributed by atoms with van der Waals surface area (Å²) in [6.07, 6.45) is 0.940. The molecule has 0 saturated heterocycles. The van der Waals surface area contributed by atoms with E-state index >= 15 is 0 Å². The SMILES string of the molecule is CN=C(NCCNC(=O)C(C)C)NCCc1ccc(C(C)(C)C)cc1.I. The Morgan fingerprint density at radius 2 is 1.54 bits per heavy atom. The molecule has 26 heavy (non-hydrogen) atoms. The Labute approximate surface area is 175 Å². The Morgan fingerprint density at radius 1 is 1.00 bits per heavy atom. The second-order valence-electron chi connectivity index (χ2n) is 7.57. The fourth-order valence-corrected chi connectivity index (χ4v) is 2.29. The van der Waals surface area contributed by atoms with E-state index in [-0.39, 0.29) is 41.2 Å². The number of hydrogen-bond donors (Lipinski definition) is 3. The highest BCUT2D eigenvalue weighted by atomic mass is 127. The summed E-state index contributed by atoms with van der Waals surface area (Å²) in [5.41, 5.74) is 2.85. The minimum atomic E-state index is 0. The Morgan fingerprint density at radius 3 is 2.04 bits per heavy atom. The number of aliphatic imine (C=N–C) groups is 1. The molecule has 0 aliphatic heterocycles. The van der Waals surface area contributed by atoms with E-state index in [1.807, 2.05) is 13.8 Å². The molecule has 5 nitrogen and oxygen atoms in total. The van der Waals surface area contributed by atoms with Gasteiger partial charge in [-0.25, -0.2) is 0 Å². The predicted octanol–water partition coefficient (Wildman–Crippen LogP) is 3.08. The highest BCUT2D eigenvalue weighted by Crippen LogP contribution is 2.22. The molecule has 0 saturated carbocycles. The Kier molecular flexibility index (Phi) is 11.5. The van der Waals surface area contributed by atoms with Crippen LogP contribution < -0.4 is 16.0 Å². The number of amides is 1. The van der Waals surface area contributed by atoms with E-state index in [4.69, 9.17) is 0 Å². The zero-order chi connectivity index (χ0) is 18.9. The Hall–Kier alpha value is -1.31. The molecule has 1 aromatic rings.